The maximum Gasteiger partial charge on any atom is 0.267 e. The van der Waals surface area contributed by atoms with Gasteiger partial charge in [-0.2, -0.15) is 0 Å². The van der Waals surface area contributed by atoms with Gasteiger partial charge in [0.25, 0.3) is 5.91 Å². The lowest BCUT2D eigenvalue weighted by Gasteiger charge is -2.17. The monoisotopic (exact) mass is 447 g/mol. The van der Waals surface area contributed by atoms with Crippen LogP contribution in [-0.2, 0) is 11.3 Å². The summed E-state index contributed by atoms with van der Waals surface area (Å²) >= 11 is 1.33. The second-order valence-corrected chi connectivity index (χ2v) is 8.93. The Morgan fingerprint density at radius 1 is 1.16 bits per heavy atom. The van der Waals surface area contributed by atoms with E-state index in [1.807, 2.05) is 68.4 Å². The van der Waals surface area contributed by atoms with Gasteiger partial charge in [-0.15, -0.1) is 11.3 Å². The molecule has 0 bridgehead atoms. The summed E-state index contributed by atoms with van der Waals surface area (Å²) in [6, 6.07) is 13.4. The number of aromatic nitrogens is 1. The van der Waals surface area contributed by atoms with Gasteiger partial charge in [0.1, 0.15) is 5.82 Å². The molecule has 0 aliphatic rings. The van der Waals surface area contributed by atoms with Gasteiger partial charge in [0, 0.05) is 54.0 Å². The molecule has 7 heteroatoms. The van der Waals surface area contributed by atoms with E-state index in [2.05, 4.69) is 10.3 Å². The van der Waals surface area contributed by atoms with E-state index >= 15 is 0 Å². The highest BCUT2D eigenvalue weighted by atomic mass is 32.1. The molecule has 0 unspecified atom stereocenters. The highest BCUT2D eigenvalue weighted by Crippen LogP contribution is 2.37. The third-order valence-corrected chi connectivity index (χ3v) is 6.79. The van der Waals surface area contributed by atoms with Gasteiger partial charge in [-0.1, -0.05) is 24.3 Å². The molecule has 0 aliphatic carbocycles. The molecule has 164 valence electrons. The highest BCUT2D eigenvalue weighted by Gasteiger charge is 2.22. The number of carbonyl (C=O) groups is 2. The first-order chi connectivity index (χ1) is 15.3. The zero-order chi connectivity index (χ0) is 23.0. The van der Waals surface area contributed by atoms with Crippen molar-refractivity contribution in [2.24, 2.45) is 0 Å². The maximum absolute atomic E-state index is 13.3. The van der Waals surface area contributed by atoms with Crippen LogP contribution in [-0.4, -0.2) is 37.9 Å². The number of methoxy groups -OCH3 is 1. The van der Waals surface area contributed by atoms with Crippen LogP contribution in [0.25, 0.3) is 21.0 Å². The van der Waals surface area contributed by atoms with E-state index in [0.29, 0.717) is 22.9 Å². The zero-order valence-electron chi connectivity index (χ0n) is 18.8. The Balaban J connectivity index is 1.80. The Kier molecular flexibility index (Phi) is 5.95. The van der Waals surface area contributed by atoms with Gasteiger partial charge in [-0.3, -0.25) is 9.59 Å². The molecule has 1 amide bonds. The number of hydrogen-bond donors (Lipinski definition) is 1. The number of anilines is 2. The Bertz CT molecular complexity index is 1360. The number of nitrogens with one attached hydrogen (secondary N) is 1. The normalized spacial score (nSPS) is 11.2. The molecule has 2 aromatic heterocycles. The minimum Gasteiger partial charge on any atom is -0.380 e. The van der Waals surface area contributed by atoms with E-state index in [1.165, 1.54) is 11.3 Å². The van der Waals surface area contributed by atoms with Crippen molar-refractivity contribution in [1.29, 1.82) is 0 Å². The molecular weight excluding hydrogens is 422 g/mol. The van der Waals surface area contributed by atoms with Crippen molar-refractivity contribution in [3.63, 3.8) is 0 Å². The van der Waals surface area contributed by atoms with Crippen molar-refractivity contribution < 1.29 is 14.3 Å². The van der Waals surface area contributed by atoms with Gasteiger partial charge in [0.2, 0.25) is 0 Å². The molecule has 4 aromatic rings. The largest absolute Gasteiger partial charge is 0.380 e. The van der Waals surface area contributed by atoms with Gasteiger partial charge < -0.3 is 15.0 Å². The lowest BCUT2D eigenvalue weighted by Crippen LogP contribution is -2.15. The number of ether oxygens (including phenoxy) is 1. The fraction of sp³-hybridized carbons (Fsp3) is 0.240. The van der Waals surface area contributed by atoms with E-state index in [0.717, 1.165) is 37.8 Å². The number of aryl methyl sites for hydroxylation is 1. The molecule has 2 aromatic carbocycles. The van der Waals surface area contributed by atoms with Crippen molar-refractivity contribution in [2.75, 3.05) is 31.4 Å². The van der Waals surface area contributed by atoms with Crippen LogP contribution < -0.4 is 10.2 Å². The average Bonchev–Trinajstić information content (AvgIpc) is 3.11. The predicted molar refractivity (Wildman–Crippen MR) is 131 cm³/mol. The smallest absolute Gasteiger partial charge is 0.267 e. The van der Waals surface area contributed by atoms with E-state index in [-0.39, 0.29) is 11.7 Å². The number of ketones is 1. The minimum atomic E-state index is -0.242. The van der Waals surface area contributed by atoms with Crippen LogP contribution in [0.1, 0.15) is 38.1 Å². The molecule has 0 spiro atoms. The molecule has 4 rings (SSSR count). The van der Waals surface area contributed by atoms with Crippen LogP contribution in [0.3, 0.4) is 0 Å². The zero-order valence-corrected chi connectivity index (χ0v) is 19.6. The Morgan fingerprint density at radius 3 is 2.59 bits per heavy atom. The summed E-state index contributed by atoms with van der Waals surface area (Å²) < 4.78 is 6.15. The number of pyridine rings is 1. The summed E-state index contributed by atoms with van der Waals surface area (Å²) in [4.78, 5) is 32.7. The van der Waals surface area contributed by atoms with Crippen molar-refractivity contribution in [3.05, 3.63) is 64.0 Å². The molecule has 0 atom stereocenters. The molecule has 0 radical (unpaired) electrons. The molecule has 1 N–H and O–H groups in total. The maximum atomic E-state index is 13.3. The van der Waals surface area contributed by atoms with Gasteiger partial charge in [0.15, 0.2) is 5.78 Å². The topological polar surface area (TPSA) is 71.5 Å². The van der Waals surface area contributed by atoms with Crippen LogP contribution >= 0.6 is 11.3 Å². The van der Waals surface area contributed by atoms with Gasteiger partial charge in [-0.25, -0.2) is 4.98 Å². The van der Waals surface area contributed by atoms with Crippen molar-refractivity contribution in [1.82, 2.24) is 4.98 Å². The molecule has 32 heavy (non-hydrogen) atoms. The van der Waals surface area contributed by atoms with Crippen LogP contribution in [0.2, 0.25) is 0 Å². The number of para-hydroxylation sites is 1. The first kappa shape index (κ1) is 21.9. The van der Waals surface area contributed by atoms with Crippen LogP contribution in [0, 0.1) is 6.92 Å². The second-order valence-electron chi connectivity index (χ2n) is 7.91. The summed E-state index contributed by atoms with van der Waals surface area (Å²) in [6.07, 6.45) is 0. The molecular formula is C25H25N3O3S. The van der Waals surface area contributed by atoms with Gasteiger partial charge in [-0.05, 0) is 37.1 Å². The molecule has 0 saturated heterocycles. The van der Waals surface area contributed by atoms with Crippen molar-refractivity contribution >= 4 is 55.5 Å². The Morgan fingerprint density at radius 2 is 1.91 bits per heavy atom. The number of rotatable bonds is 6. The number of fused-ring (bicyclic) bond motifs is 2. The number of thiophene rings is 1. The molecule has 0 fully saturated rings. The molecule has 0 aliphatic heterocycles. The molecule has 6 nitrogen and oxygen atoms in total. The number of carbonyl (C=O) groups excluding carboxylic acids is 2. The molecule has 2 heterocycles. The summed E-state index contributed by atoms with van der Waals surface area (Å²) in [5.74, 6) is 0.214. The average molecular weight is 448 g/mol. The third kappa shape index (κ3) is 3.85. The summed E-state index contributed by atoms with van der Waals surface area (Å²) in [7, 11) is 5.56. The standard InChI is InChI=1S/C25H25N3O3S/c1-14-22-16(13-31-5)10-11-17(15(2)29)24(22)32-23(14)25(30)27-21-12-20(28(3)4)18-8-6-7-9-19(18)26-21/h6-12H,13H2,1-5H3,(H,26,27,30). The number of Topliss-reactive ketones (excluding diaryl/α,β-unsaturated/α-hetero) is 1. The number of hydrogen-bond acceptors (Lipinski definition) is 6. The second kappa shape index (κ2) is 8.68. The van der Waals surface area contributed by atoms with Crippen LogP contribution in [0.4, 0.5) is 11.5 Å². The lowest BCUT2D eigenvalue weighted by molar-refractivity contribution is 0.101. The number of benzene rings is 2. The minimum absolute atomic E-state index is 0.0287. The summed E-state index contributed by atoms with van der Waals surface area (Å²) in [5, 5.41) is 4.89. The van der Waals surface area contributed by atoms with E-state index in [4.69, 9.17) is 4.74 Å². The highest BCUT2D eigenvalue weighted by molar-refractivity contribution is 7.21. The van der Waals surface area contributed by atoms with Crippen molar-refractivity contribution in [2.45, 2.75) is 20.5 Å². The number of nitrogens with zero attached hydrogens (tertiary/aromatic N) is 2. The number of amides is 1. The summed E-state index contributed by atoms with van der Waals surface area (Å²) in [6.45, 7) is 3.86. The fourth-order valence-corrected chi connectivity index (χ4v) is 5.28. The summed E-state index contributed by atoms with van der Waals surface area (Å²) in [5.41, 5.74) is 4.19. The quantitative estimate of drug-likeness (QED) is 0.399. The van der Waals surface area contributed by atoms with Crippen LogP contribution in [0.5, 0.6) is 0 Å². The third-order valence-electron chi connectivity index (χ3n) is 5.47. The Labute approximate surface area is 190 Å². The van der Waals surface area contributed by atoms with Gasteiger partial charge >= 0.3 is 0 Å². The first-order valence-electron chi connectivity index (χ1n) is 10.2. The molecule has 0 saturated carbocycles. The van der Waals surface area contributed by atoms with Gasteiger partial charge in [0.05, 0.1) is 17.0 Å². The lowest BCUT2D eigenvalue weighted by atomic mass is 10.0. The fourth-order valence-electron chi connectivity index (χ4n) is 3.97. The Hall–Kier alpha value is -3.29. The van der Waals surface area contributed by atoms with Crippen LogP contribution in [0.15, 0.2) is 42.5 Å². The van der Waals surface area contributed by atoms with E-state index < -0.39 is 0 Å². The van der Waals surface area contributed by atoms with E-state index in [9.17, 15) is 9.59 Å². The SMILES string of the molecule is COCc1ccc(C(C)=O)c2sc(C(=O)Nc3cc(N(C)C)c4ccccc4n3)c(C)c12. The predicted octanol–water partition coefficient (Wildman–Crippen LogP) is 5.43. The van der Waals surface area contributed by atoms with Crippen molar-refractivity contribution in [3.8, 4) is 0 Å². The first-order valence-corrected chi connectivity index (χ1v) is 11.1. The van der Waals surface area contributed by atoms with E-state index in [1.54, 1.807) is 14.0 Å².